The van der Waals surface area contributed by atoms with Crippen molar-refractivity contribution in [2.45, 2.75) is 25.3 Å². The standard InChI is InChI=1S/C19H17N7O2S/c1-10-11(5-17(27)22-10)4-12-7-20-26-16(23-14-2-3-14)6-15(24-18(12)26)25-19(28)13-8-21-29-9-13/h4,6-9,14,23H,1-3,5H2,(H,22,27)(H,24,25,28)/b11-4+. The topological polar surface area (TPSA) is 113 Å². The molecule has 3 aromatic rings. The van der Waals surface area contributed by atoms with Gasteiger partial charge in [0.1, 0.15) is 11.6 Å². The molecule has 0 radical (unpaired) electrons. The van der Waals surface area contributed by atoms with Gasteiger partial charge in [-0.25, -0.2) is 9.36 Å². The lowest BCUT2D eigenvalue weighted by Crippen LogP contribution is -2.14. The molecule has 5 rings (SSSR count). The summed E-state index contributed by atoms with van der Waals surface area (Å²) >= 11 is 1.22. The molecule has 1 saturated carbocycles. The monoisotopic (exact) mass is 407 g/mol. The number of rotatable bonds is 5. The quantitative estimate of drug-likeness (QED) is 0.599. The van der Waals surface area contributed by atoms with Crippen molar-refractivity contribution in [3.63, 3.8) is 0 Å². The second kappa shape index (κ2) is 6.82. The largest absolute Gasteiger partial charge is 0.367 e. The molecule has 1 saturated heterocycles. The van der Waals surface area contributed by atoms with E-state index in [1.54, 1.807) is 22.2 Å². The van der Waals surface area contributed by atoms with Crippen molar-refractivity contribution in [1.29, 1.82) is 0 Å². The molecule has 0 atom stereocenters. The summed E-state index contributed by atoms with van der Waals surface area (Å²) in [4.78, 5) is 28.6. The first-order chi connectivity index (χ1) is 14.1. The zero-order chi connectivity index (χ0) is 20.0. The Hall–Kier alpha value is -3.53. The number of hydrogen-bond acceptors (Lipinski definition) is 7. The zero-order valence-corrected chi connectivity index (χ0v) is 16.1. The van der Waals surface area contributed by atoms with Gasteiger partial charge in [-0.05, 0) is 36.0 Å². The van der Waals surface area contributed by atoms with E-state index in [0.29, 0.717) is 28.8 Å². The van der Waals surface area contributed by atoms with E-state index in [-0.39, 0.29) is 18.2 Å². The van der Waals surface area contributed by atoms with Gasteiger partial charge in [0.05, 0.1) is 24.4 Å². The van der Waals surface area contributed by atoms with E-state index >= 15 is 0 Å². The van der Waals surface area contributed by atoms with Crippen LogP contribution in [0.15, 0.2) is 41.7 Å². The van der Waals surface area contributed by atoms with Gasteiger partial charge in [0.25, 0.3) is 5.91 Å². The average Bonchev–Trinajstić information content (AvgIpc) is 3.07. The second-order valence-electron chi connectivity index (χ2n) is 7.02. The van der Waals surface area contributed by atoms with Crippen molar-refractivity contribution in [2.24, 2.45) is 0 Å². The third kappa shape index (κ3) is 3.49. The van der Waals surface area contributed by atoms with E-state index in [2.05, 4.69) is 37.0 Å². The number of allylic oxidation sites excluding steroid dienone is 1. The van der Waals surface area contributed by atoms with Gasteiger partial charge in [0.15, 0.2) is 5.65 Å². The van der Waals surface area contributed by atoms with Gasteiger partial charge in [-0.2, -0.15) is 9.61 Å². The van der Waals surface area contributed by atoms with Gasteiger partial charge >= 0.3 is 0 Å². The molecule has 0 spiro atoms. The van der Waals surface area contributed by atoms with Crippen LogP contribution in [0.3, 0.4) is 0 Å². The Morgan fingerprint density at radius 2 is 2.24 bits per heavy atom. The number of carbonyl (C=O) groups excluding carboxylic acids is 2. The van der Waals surface area contributed by atoms with E-state index in [1.165, 1.54) is 17.7 Å². The molecule has 2 fully saturated rings. The Kier molecular flexibility index (Phi) is 4.13. The fourth-order valence-corrected chi connectivity index (χ4v) is 3.61. The zero-order valence-electron chi connectivity index (χ0n) is 15.3. The molecule has 1 aliphatic carbocycles. The van der Waals surface area contributed by atoms with Gasteiger partial charge in [0.2, 0.25) is 5.91 Å². The fraction of sp³-hybridized carbons (Fsp3) is 0.211. The third-order valence-electron chi connectivity index (χ3n) is 4.72. The second-order valence-corrected chi connectivity index (χ2v) is 7.68. The van der Waals surface area contributed by atoms with Gasteiger partial charge in [-0.15, -0.1) is 0 Å². The molecule has 9 nitrogen and oxygen atoms in total. The number of amides is 2. The Labute approximate surface area is 169 Å². The van der Waals surface area contributed by atoms with E-state index < -0.39 is 0 Å². The highest BCUT2D eigenvalue weighted by molar-refractivity contribution is 7.03. The fourth-order valence-electron chi connectivity index (χ4n) is 3.09. The summed E-state index contributed by atoms with van der Waals surface area (Å²) in [5.74, 6) is 0.808. The molecule has 0 aromatic carbocycles. The van der Waals surface area contributed by atoms with Crippen molar-refractivity contribution in [2.75, 3.05) is 10.6 Å². The van der Waals surface area contributed by atoms with E-state index in [0.717, 1.165) is 29.8 Å². The number of carbonyl (C=O) groups is 2. The molecule has 2 aliphatic rings. The number of aromatic nitrogens is 4. The van der Waals surface area contributed by atoms with Crippen LogP contribution in [0, 0.1) is 0 Å². The molecule has 3 aromatic heterocycles. The molecule has 1 aliphatic heterocycles. The molecule has 146 valence electrons. The normalized spacial score (nSPS) is 17.7. The predicted octanol–water partition coefficient (Wildman–Crippen LogP) is 2.43. The van der Waals surface area contributed by atoms with E-state index in [9.17, 15) is 9.59 Å². The van der Waals surface area contributed by atoms with Crippen LogP contribution in [0.2, 0.25) is 0 Å². The summed E-state index contributed by atoms with van der Waals surface area (Å²) in [6, 6.07) is 2.17. The van der Waals surface area contributed by atoms with Crippen LogP contribution in [-0.4, -0.2) is 36.8 Å². The molecular formula is C19H17N7O2S. The lowest BCUT2D eigenvalue weighted by molar-refractivity contribution is -0.118. The molecular weight excluding hydrogens is 390 g/mol. The maximum Gasteiger partial charge on any atom is 0.259 e. The van der Waals surface area contributed by atoms with Crippen LogP contribution in [0.4, 0.5) is 11.6 Å². The van der Waals surface area contributed by atoms with Crippen LogP contribution in [0.25, 0.3) is 11.7 Å². The highest BCUT2D eigenvalue weighted by Gasteiger charge is 2.24. The van der Waals surface area contributed by atoms with Crippen molar-refractivity contribution < 1.29 is 9.59 Å². The van der Waals surface area contributed by atoms with Crippen molar-refractivity contribution in [1.82, 2.24) is 24.3 Å². The Morgan fingerprint density at radius 3 is 2.93 bits per heavy atom. The van der Waals surface area contributed by atoms with Crippen molar-refractivity contribution in [3.8, 4) is 0 Å². The van der Waals surface area contributed by atoms with E-state index in [4.69, 9.17) is 0 Å². The lowest BCUT2D eigenvalue weighted by atomic mass is 10.1. The average molecular weight is 407 g/mol. The van der Waals surface area contributed by atoms with Crippen molar-refractivity contribution >= 4 is 46.7 Å². The summed E-state index contributed by atoms with van der Waals surface area (Å²) in [5.41, 5.74) is 3.18. The Morgan fingerprint density at radius 1 is 1.38 bits per heavy atom. The number of hydrogen-bond donors (Lipinski definition) is 3. The molecule has 3 N–H and O–H groups in total. The number of anilines is 2. The van der Waals surface area contributed by atoms with E-state index in [1.807, 2.05) is 6.08 Å². The van der Waals surface area contributed by atoms with Gasteiger partial charge < -0.3 is 16.0 Å². The summed E-state index contributed by atoms with van der Waals surface area (Å²) < 4.78 is 5.67. The first-order valence-corrected chi connectivity index (χ1v) is 9.96. The predicted molar refractivity (Wildman–Crippen MR) is 110 cm³/mol. The maximum absolute atomic E-state index is 12.4. The number of nitrogens with zero attached hydrogens (tertiary/aromatic N) is 4. The summed E-state index contributed by atoms with van der Waals surface area (Å²) in [6.45, 7) is 3.88. The first kappa shape index (κ1) is 17.6. The highest BCUT2D eigenvalue weighted by atomic mass is 32.1. The number of fused-ring (bicyclic) bond motifs is 1. The van der Waals surface area contributed by atoms with Crippen molar-refractivity contribution in [3.05, 3.63) is 52.8 Å². The molecule has 0 unspecified atom stereocenters. The summed E-state index contributed by atoms with van der Waals surface area (Å²) in [5, 5.41) is 15.1. The minimum Gasteiger partial charge on any atom is -0.367 e. The Bertz CT molecular complexity index is 1170. The summed E-state index contributed by atoms with van der Waals surface area (Å²) in [6.07, 6.45) is 7.52. The van der Waals surface area contributed by atoms with Crippen LogP contribution in [-0.2, 0) is 4.79 Å². The van der Waals surface area contributed by atoms with Gasteiger partial charge in [-0.3, -0.25) is 9.59 Å². The molecule has 29 heavy (non-hydrogen) atoms. The van der Waals surface area contributed by atoms with Gasteiger partial charge in [-0.1, -0.05) is 6.58 Å². The first-order valence-electron chi connectivity index (χ1n) is 9.12. The highest BCUT2D eigenvalue weighted by Crippen LogP contribution is 2.28. The minimum absolute atomic E-state index is 0.0842. The maximum atomic E-state index is 12.4. The number of nitrogens with one attached hydrogen (secondary N) is 3. The smallest absolute Gasteiger partial charge is 0.259 e. The van der Waals surface area contributed by atoms with Crippen LogP contribution < -0.4 is 16.0 Å². The van der Waals surface area contributed by atoms with Crippen LogP contribution >= 0.6 is 11.5 Å². The molecule has 4 heterocycles. The SMILES string of the molecule is C=C1NC(=O)C/C1=C\c1cnn2c(NC3CC3)cc(NC(=O)c3cnsc3)nc12. The lowest BCUT2D eigenvalue weighted by Gasteiger charge is -2.10. The third-order valence-corrected chi connectivity index (χ3v) is 5.31. The van der Waals surface area contributed by atoms with Crippen LogP contribution in [0.1, 0.15) is 35.2 Å². The Balaban J connectivity index is 1.55. The molecule has 2 amide bonds. The molecule has 0 bridgehead atoms. The molecule has 10 heteroatoms. The van der Waals surface area contributed by atoms with Gasteiger partial charge in [0, 0.05) is 28.7 Å². The summed E-state index contributed by atoms with van der Waals surface area (Å²) in [7, 11) is 0. The minimum atomic E-state index is -0.272. The van der Waals surface area contributed by atoms with Crippen LogP contribution in [0.5, 0.6) is 0 Å².